The highest BCUT2D eigenvalue weighted by molar-refractivity contribution is 5.81. The van der Waals surface area contributed by atoms with E-state index in [1.54, 1.807) is 6.20 Å². The summed E-state index contributed by atoms with van der Waals surface area (Å²) in [6.45, 7) is 11.2. The van der Waals surface area contributed by atoms with E-state index >= 15 is 0 Å². The Balaban J connectivity index is 1.25. The first kappa shape index (κ1) is 23.4. The standard InChI is InChI=1S/C27H34N8/c1-19(2)21-14-27(33-29-16-21)32-26-6-5-24-25(31-26)13-22(15-28-24)23-17-30-35(18-23)10-4-9-34-11-7-20(3)8-12-34/h5-6,13-20H,4,7-12H2,1-3H3,(H,31,32,33). The van der Waals surface area contributed by atoms with Gasteiger partial charge >= 0.3 is 0 Å². The van der Waals surface area contributed by atoms with Crippen LogP contribution in [0.3, 0.4) is 0 Å². The van der Waals surface area contributed by atoms with Crippen LogP contribution >= 0.6 is 0 Å². The number of aromatic nitrogens is 6. The third-order valence-corrected chi connectivity index (χ3v) is 6.84. The number of likely N-dealkylation sites (tertiary alicyclic amines) is 1. The molecule has 1 aliphatic rings. The Morgan fingerprint density at radius 1 is 0.971 bits per heavy atom. The normalized spacial score (nSPS) is 15.2. The van der Waals surface area contributed by atoms with Crippen LogP contribution in [0.25, 0.3) is 22.2 Å². The first-order valence-corrected chi connectivity index (χ1v) is 12.6. The average Bonchev–Trinajstić information content (AvgIpc) is 3.34. The Kier molecular flexibility index (Phi) is 6.99. The van der Waals surface area contributed by atoms with E-state index in [-0.39, 0.29) is 0 Å². The molecule has 0 radical (unpaired) electrons. The van der Waals surface area contributed by atoms with Gasteiger partial charge in [0.15, 0.2) is 5.82 Å². The molecule has 1 aliphatic heterocycles. The molecule has 4 aromatic rings. The Bertz CT molecular complexity index is 1270. The maximum atomic E-state index is 4.77. The summed E-state index contributed by atoms with van der Waals surface area (Å²) in [5.41, 5.74) is 4.88. The van der Waals surface area contributed by atoms with Crippen molar-refractivity contribution >= 4 is 22.7 Å². The van der Waals surface area contributed by atoms with Gasteiger partial charge in [0.2, 0.25) is 0 Å². The summed E-state index contributed by atoms with van der Waals surface area (Å²) in [5.74, 6) is 2.67. The fourth-order valence-electron chi connectivity index (χ4n) is 4.50. The summed E-state index contributed by atoms with van der Waals surface area (Å²) in [4.78, 5) is 12.0. The number of nitrogens with one attached hydrogen (secondary N) is 1. The number of pyridine rings is 2. The maximum Gasteiger partial charge on any atom is 0.154 e. The van der Waals surface area contributed by atoms with E-state index in [0.717, 1.165) is 59.0 Å². The van der Waals surface area contributed by atoms with Crippen LogP contribution in [0.5, 0.6) is 0 Å². The van der Waals surface area contributed by atoms with Gasteiger partial charge in [0.25, 0.3) is 0 Å². The molecule has 0 saturated carbocycles. The van der Waals surface area contributed by atoms with Crippen molar-refractivity contribution in [3.63, 3.8) is 0 Å². The van der Waals surface area contributed by atoms with E-state index in [4.69, 9.17) is 4.98 Å². The molecule has 0 unspecified atom stereocenters. The maximum absolute atomic E-state index is 4.77. The predicted molar refractivity (Wildman–Crippen MR) is 140 cm³/mol. The van der Waals surface area contributed by atoms with Crippen molar-refractivity contribution in [1.82, 2.24) is 34.8 Å². The van der Waals surface area contributed by atoms with Gasteiger partial charge in [-0.05, 0) is 80.6 Å². The minimum Gasteiger partial charge on any atom is -0.323 e. The summed E-state index contributed by atoms with van der Waals surface area (Å²) in [6, 6.07) is 7.97. The highest BCUT2D eigenvalue weighted by Gasteiger charge is 2.15. The number of anilines is 2. The molecule has 0 bridgehead atoms. The lowest BCUT2D eigenvalue weighted by Crippen LogP contribution is -2.34. The van der Waals surface area contributed by atoms with Crippen molar-refractivity contribution in [3.8, 4) is 11.1 Å². The molecule has 1 saturated heterocycles. The van der Waals surface area contributed by atoms with E-state index in [1.165, 1.54) is 25.9 Å². The molecule has 1 N–H and O–H groups in total. The Hall–Kier alpha value is -3.39. The van der Waals surface area contributed by atoms with Crippen LogP contribution < -0.4 is 5.32 Å². The molecular formula is C27H34N8. The van der Waals surface area contributed by atoms with Crippen molar-refractivity contribution in [2.24, 2.45) is 5.92 Å². The van der Waals surface area contributed by atoms with Gasteiger partial charge in [0.05, 0.1) is 23.4 Å². The zero-order valence-corrected chi connectivity index (χ0v) is 20.9. The summed E-state index contributed by atoms with van der Waals surface area (Å²) < 4.78 is 2.04. The van der Waals surface area contributed by atoms with Gasteiger partial charge in [-0.25, -0.2) is 4.98 Å². The second-order valence-electron chi connectivity index (χ2n) is 9.98. The van der Waals surface area contributed by atoms with Gasteiger partial charge in [-0.15, -0.1) is 5.10 Å². The van der Waals surface area contributed by atoms with E-state index in [2.05, 4.69) is 63.5 Å². The van der Waals surface area contributed by atoms with Crippen LogP contribution in [0.1, 0.15) is 51.5 Å². The van der Waals surface area contributed by atoms with Crippen molar-refractivity contribution in [3.05, 3.63) is 54.6 Å². The Labute approximate surface area is 206 Å². The molecule has 0 aromatic carbocycles. The fraction of sp³-hybridized carbons (Fsp3) is 0.444. The number of aryl methyl sites for hydroxylation is 1. The SMILES string of the molecule is CC1CCN(CCCn2cc(-c3cnc4ccc(Nc5cc(C(C)C)cnn5)nc4c3)cn2)CC1. The lowest BCUT2D eigenvalue weighted by atomic mass is 9.99. The smallest absolute Gasteiger partial charge is 0.154 e. The molecule has 5 heterocycles. The summed E-state index contributed by atoms with van der Waals surface area (Å²) in [7, 11) is 0. The third kappa shape index (κ3) is 5.82. The molecule has 0 aliphatic carbocycles. The minimum atomic E-state index is 0.386. The zero-order valence-electron chi connectivity index (χ0n) is 20.9. The minimum absolute atomic E-state index is 0.386. The first-order valence-electron chi connectivity index (χ1n) is 12.6. The average molecular weight is 471 g/mol. The lowest BCUT2D eigenvalue weighted by molar-refractivity contribution is 0.187. The second kappa shape index (κ2) is 10.5. The van der Waals surface area contributed by atoms with Gasteiger partial charge in [-0.2, -0.15) is 10.2 Å². The van der Waals surface area contributed by atoms with Gasteiger partial charge in [-0.1, -0.05) is 20.8 Å². The van der Waals surface area contributed by atoms with Crippen LogP contribution in [-0.2, 0) is 6.54 Å². The van der Waals surface area contributed by atoms with Crippen LogP contribution in [0.4, 0.5) is 11.6 Å². The Morgan fingerprint density at radius 2 is 1.83 bits per heavy atom. The first-order chi connectivity index (χ1) is 17.0. The molecule has 1 fully saturated rings. The molecule has 0 atom stereocenters. The number of nitrogens with zero attached hydrogens (tertiary/aromatic N) is 7. The van der Waals surface area contributed by atoms with E-state index in [9.17, 15) is 0 Å². The number of hydrogen-bond donors (Lipinski definition) is 1. The summed E-state index contributed by atoms with van der Waals surface area (Å²) in [5, 5.41) is 16.2. The number of rotatable bonds is 8. The van der Waals surface area contributed by atoms with Crippen molar-refractivity contribution in [1.29, 1.82) is 0 Å². The van der Waals surface area contributed by atoms with Gasteiger partial charge in [-0.3, -0.25) is 9.67 Å². The third-order valence-electron chi connectivity index (χ3n) is 6.84. The molecule has 4 aromatic heterocycles. The van der Waals surface area contributed by atoms with Gasteiger partial charge in [0.1, 0.15) is 5.82 Å². The molecule has 0 spiro atoms. The molecule has 0 amide bonds. The fourth-order valence-corrected chi connectivity index (χ4v) is 4.50. The molecule has 8 heteroatoms. The van der Waals surface area contributed by atoms with E-state index < -0.39 is 0 Å². The van der Waals surface area contributed by atoms with Gasteiger partial charge < -0.3 is 10.2 Å². The predicted octanol–water partition coefficient (Wildman–Crippen LogP) is 5.27. The molecule has 182 valence electrons. The highest BCUT2D eigenvalue weighted by atomic mass is 15.3. The van der Waals surface area contributed by atoms with Gasteiger partial charge in [0, 0.05) is 30.1 Å². The largest absolute Gasteiger partial charge is 0.323 e. The topological polar surface area (TPSA) is 84.7 Å². The molecule has 8 nitrogen and oxygen atoms in total. The molecular weight excluding hydrogens is 436 g/mol. The monoisotopic (exact) mass is 470 g/mol. The van der Waals surface area contributed by atoms with Crippen LogP contribution in [0.15, 0.2) is 49.1 Å². The van der Waals surface area contributed by atoms with E-state index in [0.29, 0.717) is 11.7 Å². The summed E-state index contributed by atoms with van der Waals surface area (Å²) in [6.07, 6.45) is 11.5. The van der Waals surface area contributed by atoms with Crippen LogP contribution in [0, 0.1) is 5.92 Å². The number of piperidine rings is 1. The highest BCUT2D eigenvalue weighted by Crippen LogP contribution is 2.24. The van der Waals surface area contributed by atoms with Crippen LogP contribution in [-0.4, -0.2) is 54.5 Å². The lowest BCUT2D eigenvalue weighted by Gasteiger charge is -2.30. The van der Waals surface area contributed by atoms with E-state index in [1.807, 2.05) is 35.3 Å². The second-order valence-corrected chi connectivity index (χ2v) is 9.98. The molecule has 5 rings (SSSR count). The van der Waals surface area contributed by atoms with Crippen molar-refractivity contribution in [2.45, 2.75) is 52.5 Å². The zero-order chi connectivity index (χ0) is 24.2. The van der Waals surface area contributed by atoms with Crippen molar-refractivity contribution < 1.29 is 0 Å². The Morgan fingerprint density at radius 3 is 2.66 bits per heavy atom. The summed E-state index contributed by atoms with van der Waals surface area (Å²) >= 11 is 0. The number of fused-ring (bicyclic) bond motifs is 1. The quantitative estimate of drug-likeness (QED) is 0.375. The van der Waals surface area contributed by atoms with Crippen molar-refractivity contribution in [2.75, 3.05) is 25.0 Å². The number of hydrogen-bond acceptors (Lipinski definition) is 7. The van der Waals surface area contributed by atoms with Crippen LogP contribution in [0.2, 0.25) is 0 Å². The molecule has 35 heavy (non-hydrogen) atoms.